The Hall–Kier alpha value is -3.68. The number of pyridine rings is 1. The molecule has 0 radical (unpaired) electrons. The molecule has 2 aliphatic heterocycles. The fourth-order valence-corrected chi connectivity index (χ4v) is 4.94. The van der Waals surface area contributed by atoms with E-state index in [9.17, 15) is 14.9 Å². The smallest absolute Gasteiger partial charge is 0.261 e. The van der Waals surface area contributed by atoms with Crippen LogP contribution in [0.25, 0.3) is 10.9 Å². The van der Waals surface area contributed by atoms with Gasteiger partial charge in [0.05, 0.1) is 30.2 Å². The van der Waals surface area contributed by atoms with Gasteiger partial charge in [-0.1, -0.05) is 6.07 Å². The summed E-state index contributed by atoms with van der Waals surface area (Å²) >= 11 is 0. The van der Waals surface area contributed by atoms with Crippen molar-refractivity contribution in [2.24, 2.45) is 5.92 Å². The Morgan fingerprint density at radius 3 is 2.91 bits per heavy atom. The second kappa shape index (κ2) is 8.27. The van der Waals surface area contributed by atoms with E-state index < -0.39 is 5.54 Å². The molecule has 1 saturated heterocycles. The SMILES string of the molecule is CC(C)NC1(C)C(=O)Nc2cc(Nc3nn([C@H]4COCC[C@@H]4C#N)c4cc[nH]c(=O)c34)ccc21. The normalized spacial score (nSPS) is 24.1. The number of H-pyrrole nitrogens is 1. The number of ether oxygens (including phenoxy) is 1. The number of nitrogens with zero attached hydrogens (tertiary/aromatic N) is 3. The molecule has 176 valence electrons. The minimum atomic E-state index is -0.819. The van der Waals surface area contributed by atoms with E-state index in [0.717, 1.165) is 5.56 Å². The highest BCUT2D eigenvalue weighted by Crippen LogP contribution is 2.39. The van der Waals surface area contributed by atoms with Crippen molar-refractivity contribution in [3.05, 3.63) is 46.4 Å². The summed E-state index contributed by atoms with van der Waals surface area (Å²) < 4.78 is 7.34. The van der Waals surface area contributed by atoms with Crippen LogP contribution >= 0.6 is 0 Å². The van der Waals surface area contributed by atoms with E-state index in [0.29, 0.717) is 47.7 Å². The number of benzene rings is 1. The average Bonchev–Trinajstić information content (AvgIpc) is 3.28. The van der Waals surface area contributed by atoms with Crippen LogP contribution in [0.5, 0.6) is 0 Å². The van der Waals surface area contributed by atoms with Gasteiger partial charge in [0, 0.05) is 35.8 Å². The molecule has 4 heterocycles. The van der Waals surface area contributed by atoms with E-state index in [-0.39, 0.29) is 29.5 Å². The van der Waals surface area contributed by atoms with Gasteiger partial charge in [-0.05, 0) is 45.4 Å². The summed E-state index contributed by atoms with van der Waals surface area (Å²) in [6.07, 6.45) is 2.19. The molecule has 0 bridgehead atoms. The fraction of sp³-hybridized carbons (Fsp3) is 0.417. The number of fused-ring (bicyclic) bond motifs is 2. The van der Waals surface area contributed by atoms with Crippen LogP contribution in [0.1, 0.15) is 38.8 Å². The molecule has 10 nitrogen and oxygen atoms in total. The van der Waals surface area contributed by atoms with Gasteiger partial charge in [-0.25, -0.2) is 0 Å². The number of amides is 1. The Morgan fingerprint density at radius 1 is 1.32 bits per heavy atom. The summed E-state index contributed by atoms with van der Waals surface area (Å²) in [6, 6.07) is 9.57. The molecular weight excluding hydrogens is 434 g/mol. The van der Waals surface area contributed by atoms with Crippen molar-refractivity contribution in [3.63, 3.8) is 0 Å². The fourth-order valence-electron chi connectivity index (χ4n) is 4.94. The monoisotopic (exact) mass is 461 g/mol. The molecule has 4 N–H and O–H groups in total. The zero-order valence-corrected chi connectivity index (χ0v) is 19.3. The first-order valence-corrected chi connectivity index (χ1v) is 11.4. The quantitative estimate of drug-likeness (QED) is 0.458. The third-order valence-electron chi connectivity index (χ3n) is 6.54. The third kappa shape index (κ3) is 3.54. The highest BCUT2D eigenvalue weighted by atomic mass is 16.5. The molecule has 2 aliphatic rings. The maximum atomic E-state index is 12.7. The van der Waals surface area contributed by atoms with Gasteiger partial charge in [0.1, 0.15) is 10.9 Å². The number of nitrogens with one attached hydrogen (secondary N) is 4. The summed E-state index contributed by atoms with van der Waals surface area (Å²) in [7, 11) is 0. The molecule has 1 amide bonds. The van der Waals surface area contributed by atoms with E-state index in [4.69, 9.17) is 9.84 Å². The molecule has 1 unspecified atom stereocenters. The third-order valence-corrected chi connectivity index (χ3v) is 6.54. The van der Waals surface area contributed by atoms with Gasteiger partial charge >= 0.3 is 0 Å². The lowest BCUT2D eigenvalue weighted by Gasteiger charge is -2.27. The number of carbonyl (C=O) groups excluding carboxylic acids is 1. The topological polar surface area (TPSA) is 137 Å². The van der Waals surface area contributed by atoms with E-state index in [1.54, 1.807) is 16.9 Å². The van der Waals surface area contributed by atoms with Crippen molar-refractivity contribution in [2.75, 3.05) is 23.8 Å². The largest absolute Gasteiger partial charge is 0.379 e. The minimum Gasteiger partial charge on any atom is -0.379 e. The van der Waals surface area contributed by atoms with Crippen molar-refractivity contribution in [3.8, 4) is 6.07 Å². The summed E-state index contributed by atoms with van der Waals surface area (Å²) in [5.74, 6) is 0.0103. The molecule has 0 aliphatic carbocycles. The standard InChI is InChI=1S/C24H27N7O3/c1-13(2)29-24(3)16-5-4-15(10-17(16)28-23(24)33)27-21-20-18(6-8-26-22(20)32)31(30-21)19-12-34-9-7-14(19)11-25/h4-6,8,10,13-14,19,29H,7,9,12H2,1-3H3,(H,26,32)(H,27,30)(H,28,33)/t14-,19+,24?/m1/s1. The number of anilines is 3. The van der Waals surface area contributed by atoms with Gasteiger partial charge in [0.2, 0.25) is 5.91 Å². The predicted octanol–water partition coefficient (Wildman–Crippen LogP) is 2.73. The molecule has 1 fully saturated rings. The van der Waals surface area contributed by atoms with Gasteiger partial charge in [0.25, 0.3) is 5.56 Å². The van der Waals surface area contributed by atoms with E-state index in [1.807, 2.05) is 39.0 Å². The van der Waals surface area contributed by atoms with Crippen molar-refractivity contribution < 1.29 is 9.53 Å². The summed E-state index contributed by atoms with van der Waals surface area (Å²) in [4.78, 5) is 28.2. The van der Waals surface area contributed by atoms with E-state index in [2.05, 4.69) is 27.0 Å². The molecule has 0 spiro atoms. The molecule has 34 heavy (non-hydrogen) atoms. The lowest BCUT2D eigenvalue weighted by molar-refractivity contribution is -0.121. The van der Waals surface area contributed by atoms with Crippen molar-refractivity contribution in [1.82, 2.24) is 20.1 Å². The molecule has 3 atom stereocenters. The second-order valence-electron chi connectivity index (χ2n) is 9.29. The number of hydrogen-bond donors (Lipinski definition) is 4. The van der Waals surface area contributed by atoms with E-state index in [1.165, 1.54) is 0 Å². The maximum Gasteiger partial charge on any atom is 0.261 e. The Morgan fingerprint density at radius 2 is 2.15 bits per heavy atom. The summed E-state index contributed by atoms with van der Waals surface area (Å²) in [5, 5.41) is 24.3. The zero-order valence-electron chi connectivity index (χ0n) is 19.3. The van der Waals surface area contributed by atoms with Crippen molar-refractivity contribution in [1.29, 1.82) is 5.26 Å². The van der Waals surface area contributed by atoms with Gasteiger partial charge in [-0.2, -0.15) is 10.4 Å². The van der Waals surface area contributed by atoms with Crippen molar-refractivity contribution >= 4 is 34.0 Å². The molecule has 5 rings (SSSR count). The molecule has 10 heteroatoms. The van der Waals surface area contributed by atoms with Crippen molar-refractivity contribution in [2.45, 2.75) is 44.8 Å². The first-order valence-electron chi connectivity index (χ1n) is 11.4. The number of hydrogen-bond acceptors (Lipinski definition) is 7. The second-order valence-corrected chi connectivity index (χ2v) is 9.29. The van der Waals surface area contributed by atoms with Crippen LogP contribution in [0.15, 0.2) is 35.3 Å². The van der Waals surface area contributed by atoms with Gasteiger partial charge < -0.3 is 20.4 Å². The molecule has 3 aromatic rings. The van der Waals surface area contributed by atoms with Crippen LogP contribution in [-0.4, -0.2) is 39.9 Å². The van der Waals surface area contributed by atoms with E-state index >= 15 is 0 Å². The van der Waals surface area contributed by atoms with Gasteiger partial charge in [-0.3, -0.25) is 19.6 Å². The van der Waals surface area contributed by atoms with Crippen LogP contribution in [0, 0.1) is 17.2 Å². The highest BCUT2D eigenvalue weighted by Gasteiger charge is 2.43. The highest BCUT2D eigenvalue weighted by molar-refractivity contribution is 6.06. The summed E-state index contributed by atoms with van der Waals surface area (Å²) in [5.41, 5.74) is 1.78. The molecular formula is C24H27N7O3. The van der Waals surface area contributed by atoms with Gasteiger partial charge in [0.15, 0.2) is 5.82 Å². The average molecular weight is 462 g/mol. The number of nitriles is 1. The Balaban J connectivity index is 1.53. The molecule has 2 aromatic heterocycles. The van der Waals surface area contributed by atoms with Crippen LogP contribution in [0.3, 0.4) is 0 Å². The summed E-state index contributed by atoms with van der Waals surface area (Å²) in [6.45, 7) is 6.76. The Labute approximate surface area is 196 Å². The first kappa shape index (κ1) is 22.1. The lowest BCUT2D eigenvalue weighted by Crippen LogP contribution is -2.48. The number of carbonyl (C=O) groups is 1. The maximum absolute atomic E-state index is 12.7. The number of aromatic amines is 1. The lowest BCUT2D eigenvalue weighted by atomic mass is 9.92. The minimum absolute atomic E-state index is 0.112. The van der Waals surface area contributed by atoms with Crippen LogP contribution < -0.4 is 21.5 Å². The first-order chi connectivity index (χ1) is 16.3. The van der Waals surface area contributed by atoms with Crippen LogP contribution in [0.4, 0.5) is 17.2 Å². The van der Waals surface area contributed by atoms with Crippen LogP contribution in [0.2, 0.25) is 0 Å². The Bertz CT molecular complexity index is 1370. The van der Waals surface area contributed by atoms with Gasteiger partial charge in [-0.15, -0.1) is 0 Å². The molecule has 0 saturated carbocycles. The zero-order chi connectivity index (χ0) is 24.0. The predicted molar refractivity (Wildman–Crippen MR) is 128 cm³/mol. The number of aromatic nitrogens is 3. The number of rotatable bonds is 5. The molecule has 1 aromatic carbocycles. The Kier molecular flexibility index (Phi) is 5.38. The van der Waals surface area contributed by atoms with Crippen LogP contribution in [-0.2, 0) is 15.1 Å².